The van der Waals surface area contributed by atoms with Crippen LogP contribution < -0.4 is 0 Å². The summed E-state index contributed by atoms with van der Waals surface area (Å²) in [6.07, 6.45) is 12.1. The second-order valence-corrected chi connectivity index (χ2v) is 4.79. The van der Waals surface area contributed by atoms with Crippen molar-refractivity contribution in [1.82, 2.24) is 0 Å². The highest BCUT2D eigenvalue weighted by molar-refractivity contribution is 5.87. The Morgan fingerprint density at radius 3 is 1.82 bits per heavy atom. The van der Waals surface area contributed by atoms with Crippen LogP contribution in [0.15, 0.2) is 0 Å². The average Bonchev–Trinajstić information content (AvgIpc) is 2.50. The van der Waals surface area contributed by atoms with Crippen molar-refractivity contribution in [3.8, 4) is 47.4 Å². The van der Waals surface area contributed by atoms with E-state index in [0.717, 1.165) is 19.3 Å². The lowest BCUT2D eigenvalue weighted by Gasteiger charge is -1.99. The van der Waals surface area contributed by atoms with Gasteiger partial charge in [0.05, 0.1) is 0 Å². The number of rotatable bonds is 9. The molecule has 2 nitrogen and oxygen atoms in total. The zero-order valence-electron chi connectivity index (χ0n) is 13.1. The van der Waals surface area contributed by atoms with Gasteiger partial charge in [-0.3, -0.25) is 0 Å². The molecule has 1 N–H and O–H groups in total. The van der Waals surface area contributed by atoms with Crippen molar-refractivity contribution >= 4 is 5.97 Å². The van der Waals surface area contributed by atoms with Crippen LogP contribution in [-0.4, -0.2) is 11.1 Å². The number of carbonyl (C=O) groups is 1. The topological polar surface area (TPSA) is 37.3 Å². The number of hydrogen-bond acceptors (Lipinski definition) is 1. The number of unbranched alkanes of at least 4 members (excludes halogenated alkanes) is 9. The van der Waals surface area contributed by atoms with E-state index in [1.54, 1.807) is 0 Å². The van der Waals surface area contributed by atoms with Crippen molar-refractivity contribution in [2.45, 2.75) is 64.2 Å². The molecule has 0 bridgehead atoms. The van der Waals surface area contributed by atoms with Crippen LogP contribution in [0.2, 0.25) is 0 Å². The summed E-state index contributed by atoms with van der Waals surface area (Å²) in [5.41, 5.74) is 0. The predicted molar refractivity (Wildman–Crippen MR) is 90.3 cm³/mol. The molecule has 0 saturated carbocycles. The molecule has 22 heavy (non-hydrogen) atoms. The molecule has 0 heterocycles. The van der Waals surface area contributed by atoms with Crippen molar-refractivity contribution in [2.75, 3.05) is 0 Å². The molecule has 2 heteroatoms. The molecular formula is C20H23O2. The first-order valence-electron chi connectivity index (χ1n) is 7.78. The Kier molecular flexibility index (Phi) is 15.0. The maximum atomic E-state index is 10.1. The largest absolute Gasteiger partial charge is 0.472 e. The van der Waals surface area contributed by atoms with Crippen molar-refractivity contribution < 1.29 is 9.90 Å². The summed E-state index contributed by atoms with van der Waals surface area (Å²) in [5.74, 6) is 18.4. The summed E-state index contributed by atoms with van der Waals surface area (Å²) in [5, 5.41) is 8.24. The van der Waals surface area contributed by atoms with Gasteiger partial charge in [0.25, 0.3) is 0 Å². The van der Waals surface area contributed by atoms with Crippen LogP contribution in [0.3, 0.4) is 0 Å². The van der Waals surface area contributed by atoms with E-state index in [2.05, 4.69) is 48.4 Å². The molecule has 1 radical (unpaired) electrons. The SMILES string of the molecule is [CH2]CCCCCCCCCCC#CC#CC#CC#CC(=O)O. The minimum absolute atomic E-state index is 0.864. The van der Waals surface area contributed by atoms with Gasteiger partial charge in [0.1, 0.15) is 0 Å². The lowest BCUT2D eigenvalue weighted by atomic mass is 10.1. The first-order valence-corrected chi connectivity index (χ1v) is 7.78. The Labute approximate surface area is 135 Å². The van der Waals surface area contributed by atoms with E-state index in [-0.39, 0.29) is 0 Å². The second-order valence-electron chi connectivity index (χ2n) is 4.79. The predicted octanol–water partition coefficient (Wildman–Crippen LogP) is 3.82. The van der Waals surface area contributed by atoms with Crippen molar-refractivity contribution in [2.24, 2.45) is 0 Å². The van der Waals surface area contributed by atoms with Gasteiger partial charge >= 0.3 is 5.97 Å². The molecule has 0 rings (SSSR count). The molecule has 0 aromatic carbocycles. The molecule has 0 aliphatic carbocycles. The third-order valence-electron chi connectivity index (χ3n) is 2.87. The summed E-state index contributed by atoms with van der Waals surface area (Å²) in [6.45, 7) is 3.84. The standard InChI is InChI=1S/C20H23O2/c1-2-3-4-5-6-7-8-9-10-11-12-13-14-15-16-17-18-19-20(21)22/h1-11H2,(H,21,22). The molecule has 0 aromatic rings. The molecule has 0 saturated heterocycles. The highest BCUT2D eigenvalue weighted by atomic mass is 16.4. The minimum atomic E-state index is -1.19. The van der Waals surface area contributed by atoms with E-state index in [4.69, 9.17) is 5.11 Å². The first-order chi connectivity index (χ1) is 10.8. The van der Waals surface area contributed by atoms with E-state index < -0.39 is 5.97 Å². The van der Waals surface area contributed by atoms with Crippen LogP contribution in [-0.2, 0) is 4.79 Å². The summed E-state index contributed by atoms with van der Waals surface area (Å²) in [6, 6.07) is 0. The molecule has 115 valence electrons. The van der Waals surface area contributed by atoms with Gasteiger partial charge in [0.15, 0.2) is 0 Å². The lowest BCUT2D eigenvalue weighted by Crippen LogP contribution is -1.85. The van der Waals surface area contributed by atoms with Crippen molar-refractivity contribution in [3.63, 3.8) is 0 Å². The number of hydrogen-bond donors (Lipinski definition) is 1. The molecular weight excluding hydrogens is 272 g/mol. The summed E-state index contributed by atoms with van der Waals surface area (Å²) >= 11 is 0. The van der Waals surface area contributed by atoms with Gasteiger partial charge in [-0.15, -0.1) is 0 Å². The number of carboxylic acid groups (broad SMARTS) is 1. The Morgan fingerprint density at radius 2 is 1.23 bits per heavy atom. The van der Waals surface area contributed by atoms with E-state index >= 15 is 0 Å². The molecule has 0 aromatic heterocycles. The fourth-order valence-corrected chi connectivity index (χ4v) is 1.77. The quantitative estimate of drug-likeness (QED) is 0.518. The van der Waals surface area contributed by atoms with Crippen LogP contribution in [0.4, 0.5) is 0 Å². The third kappa shape index (κ3) is 17.7. The van der Waals surface area contributed by atoms with Gasteiger partial charge in [0, 0.05) is 12.3 Å². The maximum absolute atomic E-state index is 10.1. The summed E-state index contributed by atoms with van der Waals surface area (Å²) < 4.78 is 0. The Balaban J connectivity index is 3.51. The third-order valence-corrected chi connectivity index (χ3v) is 2.87. The van der Waals surface area contributed by atoms with Crippen molar-refractivity contribution in [1.29, 1.82) is 0 Å². The Morgan fingerprint density at radius 1 is 0.727 bits per heavy atom. The smallest absolute Gasteiger partial charge is 0.382 e. The van der Waals surface area contributed by atoms with Crippen LogP contribution in [0.1, 0.15) is 64.2 Å². The van der Waals surface area contributed by atoms with E-state index in [0.29, 0.717) is 0 Å². The first kappa shape index (κ1) is 19.7. The number of aliphatic carboxylic acids is 1. The highest BCUT2D eigenvalue weighted by Gasteiger charge is 1.90. The monoisotopic (exact) mass is 295 g/mol. The van der Waals surface area contributed by atoms with Crippen LogP contribution in [0.25, 0.3) is 0 Å². The normalized spacial score (nSPS) is 8.05. The maximum Gasteiger partial charge on any atom is 0.382 e. The second kappa shape index (κ2) is 16.8. The fourth-order valence-electron chi connectivity index (χ4n) is 1.77. The Hall–Kier alpha value is -2.29. The molecule has 0 aliphatic heterocycles. The van der Waals surface area contributed by atoms with E-state index in [9.17, 15) is 4.79 Å². The summed E-state index contributed by atoms with van der Waals surface area (Å²) in [4.78, 5) is 10.1. The Bertz CT molecular complexity index is 541. The van der Waals surface area contributed by atoms with Gasteiger partial charge in [-0.05, 0) is 41.9 Å². The highest BCUT2D eigenvalue weighted by Crippen LogP contribution is 2.09. The van der Waals surface area contributed by atoms with Gasteiger partial charge in [-0.2, -0.15) is 0 Å². The van der Waals surface area contributed by atoms with Crippen LogP contribution >= 0.6 is 0 Å². The van der Waals surface area contributed by atoms with E-state index in [1.807, 2.05) is 5.92 Å². The van der Waals surface area contributed by atoms with Gasteiger partial charge in [-0.1, -0.05) is 64.2 Å². The molecule has 0 fully saturated rings. The fraction of sp³-hybridized carbons (Fsp3) is 0.500. The number of carboxylic acids is 1. The molecule has 0 unspecified atom stereocenters. The van der Waals surface area contributed by atoms with Gasteiger partial charge in [0.2, 0.25) is 0 Å². The van der Waals surface area contributed by atoms with Gasteiger partial charge in [-0.25, -0.2) is 4.79 Å². The minimum Gasteiger partial charge on any atom is -0.472 e. The van der Waals surface area contributed by atoms with Crippen molar-refractivity contribution in [3.05, 3.63) is 6.92 Å². The van der Waals surface area contributed by atoms with Crippen LogP contribution in [0.5, 0.6) is 0 Å². The van der Waals surface area contributed by atoms with Crippen LogP contribution in [0, 0.1) is 54.3 Å². The van der Waals surface area contributed by atoms with Gasteiger partial charge < -0.3 is 5.11 Å². The lowest BCUT2D eigenvalue weighted by molar-refractivity contribution is -0.130. The molecule has 0 aliphatic rings. The summed E-state index contributed by atoms with van der Waals surface area (Å²) in [7, 11) is 0. The molecule has 0 amide bonds. The zero-order valence-corrected chi connectivity index (χ0v) is 13.1. The zero-order chi connectivity index (χ0) is 16.3. The van der Waals surface area contributed by atoms with E-state index in [1.165, 1.54) is 44.9 Å². The molecule has 0 spiro atoms. The average molecular weight is 295 g/mol. The molecule has 0 atom stereocenters.